The van der Waals surface area contributed by atoms with Crippen LogP contribution >= 0.6 is 0 Å². The number of carbonyl (C=O) groups is 2. The molecule has 5 nitrogen and oxygen atoms in total. The van der Waals surface area contributed by atoms with Gasteiger partial charge in [-0.25, -0.2) is 8.78 Å². The van der Waals surface area contributed by atoms with Gasteiger partial charge in [-0.1, -0.05) is 0 Å². The van der Waals surface area contributed by atoms with Gasteiger partial charge in [-0.15, -0.1) is 0 Å². The number of piperidine rings is 1. The molecule has 0 aromatic heterocycles. The number of amides is 2. The predicted octanol–water partition coefficient (Wildman–Crippen LogP) is 0.521. The van der Waals surface area contributed by atoms with E-state index in [1.165, 1.54) is 11.9 Å². The van der Waals surface area contributed by atoms with Gasteiger partial charge in [-0.3, -0.25) is 9.59 Å². The van der Waals surface area contributed by atoms with Gasteiger partial charge in [0.05, 0.1) is 18.4 Å². The Labute approximate surface area is 111 Å². The molecule has 0 saturated carbocycles. The van der Waals surface area contributed by atoms with Crippen LogP contribution < -0.4 is 5.32 Å². The van der Waals surface area contributed by atoms with Gasteiger partial charge < -0.3 is 15.3 Å². The van der Waals surface area contributed by atoms with Gasteiger partial charge in [0.1, 0.15) is 0 Å². The molecule has 2 N–H and O–H groups in total. The first-order valence-electron chi connectivity index (χ1n) is 6.24. The minimum absolute atomic E-state index is 0.0741. The molecule has 0 aliphatic carbocycles. The first kappa shape index (κ1) is 15.8. The highest BCUT2D eigenvalue weighted by Gasteiger charge is 2.38. The number of carbonyl (C=O) groups excluding carboxylic acids is 2. The molecule has 0 spiro atoms. The van der Waals surface area contributed by atoms with Crippen LogP contribution in [-0.2, 0) is 9.59 Å². The van der Waals surface area contributed by atoms with Gasteiger partial charge in [0.25, 0.3) is 5.92 Å². The van der Waals surface area contributed by atoms with Crippen LogP contribution in [0.5, 0.6) is 0 Å². The molecule has 0 aromatic rings. The van der Waals surface area contributed by atoms with Crippen molar-refractivity contribution < 1.29 is 23.5 Å². The lowest BCUT2D eigenvalue weighted by Crippen LogP contribution is -2.52. The fourth-order valence-corrected chi connectivity index (χ4v) is 2.23. The summed E-state index contributed by atoms with van der Waals surface area (Å²) < 4.78 is 25.6. The number of nitrogens with one attached hydrogen (secondary N) is 1. The molecule has 1 fully saturated rings. The zero-order chi connectivity index (χ0) is 14.7. The monoisotopic (exact) mass is 278 g/mol. The molecule has 0 radical (unpaired) electrons. The third-order valence-electron chi connectivity index (χ3n) is 3.14. The zero-order valence-corrected chi connectivity index (χ0v) is 11.2. The lowest BCUT2D eigenvalue weighted by molar-refractivity contribution is -0.147. The number of rotatable bonds is 4. The van der Waals surface area contributed by atoms with E-state index in [-0.39, 0.29) is 18.9 Å². The van der Waals surface area contributed by atoms with E-state index >= 15 is 0 Å². The number of nitrogens with zero attached hydrogens (tertiary/aromatic N) is 1. The molecule has 1 heterocycles. The van der Waals surface area contributed by atoms with E-state index < -0.39 is 23.9 Å². The standard InChI is InChI=1S/C12H20F2N2O3/c1-11(13,14)7-10(18)16-5-3-4-12(19,8-16)6-9(17)15-2/h19H,3-8H2,1-2H3,(H,15,17). The Hall–Kier alpha value is -1.24. The maximum atomic E-state index is 12.8. The number of likely N-dealkylation sites (tertiary alicyclic amines) is 1. The van der Waals surface area contributed by atoms with E-state index in [0.717, 1.165) is 0 Å². The molecule has 1 rings (SSSR count). The fraction of sp³-hybridized carbons (Fsp3) is 0.833. The first-order valence-corrected chi connectivity index (χ1v) is 6.24. The van der Waals surface area contributed by atoms with E-state index in [9.17, 15) is 23.5 Å². The molecule has 1 aliphatic rings. The van der Waals surface area contributed by atoms with Crippen molar-refractivity contribution in [2.45, 2.75) is 44.1 Å². The second kappa shape index (κ2) is 5.81. The highest BCUT2D eigenvalue weighted by Crippen LogP contribution is 2.26. The summed E-state index contributed by atoms with van der Waals surface area (Å²) in [6, 6.07) is 0. The molecule has 1 atom stereocenters. The number of hydrogen-bond donors (Lipinski definition) is 2. The Morgan fingerprint density at radius 2 is 2.11 bits per heavy atom. The fourth-order valence-electron chi connectivity index (χ4n) is 2.23. The SMILES string of the molecule is CNC(=O)CC1(O)CCCN(C(=O)CC(C)(F)F)C1. The Morgan fingerprint density at radius 3 is 2.63 bits per heavy atom. The van der Waals surface area contributed by atoms with Gasteiger partial charge in [-0.2, -0.15) is 0 Å². The van der Waals surface area contributed by atoms with Crippen molar-refractivity contribution >= 4 is 11.8 Å². The van der Waals surface area contributed by atoms with E-state index in [2.05, 4.69) is 5.32 Å². The quantitative estimate of drug-likeness (QED) is 0.787. The minimum Gasteiger partial charge on any atom is -0.388 e. The van der Waals surface area contributed by atoms with Crippen molar-refractivity contribution in [2.75, 3.05) is 20.1 Å². The smallest absolute Gasteiger partial charge is 0.254 e. The molecular weight excluding hydrogens is 258 g/mol. The minimum atomic E-state index is -3.06. The maximum Gasteiger partial charge on any atom is 0.254 e. The number of aliphatic hydroxyl groups is 1. The van der Waals surface area contributed by atoms with Gasteiger partial charge in [0.15, 0.2) is 0 Å². The highest BCUT2D eigenvalue weighted by atomic mass is 19.3. The van der Waals surface area contributed by atoms with E-state index in [1.807, 2.05) is 0 Å². The second-order valence-corrected chi connectivity index (χ2v) is 5.24. The molecule has 0 bridgehead atoms. The Balaban J connectivity index is 2.63. The summed E-state index contributed by atoms with van der Waals surface area (Å²) in [4.78, 5) is 24.2. The maximum absolute atomic E-state index is 12.8. The van der Waals surface area contributed by atoms with Crippen molar-refractivity contribution in [1.29, 1.82) is 0 Å². The summed E-state index contributed by atoms with van der Waals surface area (Å²) in [5.41, 5.74) is -1.32. The lowest BCUT2D eigenvalue weighted by Gasteiger charge is -2.39. The zero-order valence-electron chi connectivity index (χ0n) is 11.2. The van der Waals surface area contributed by atoms with Crippen LogP contribution in [-0.4, -0.2) is 53.5 Å². The van der Waals surface area contributed by atoms with Crippen LogP contribution in [0.1, 0.15) is 32.6 Å². The summed E-state index contributed by atoms with van der Waals surface area (Å²) in [5.74, 6) is -4.09. The molecule has 0 aromatic carbocycles. The van der Waals surface area contributed by atoms with Crippen molar-refractivity contribution in [3.05, 3.63) is 0 Å². The normalized spacial score (nSPS) is 24.2. The third kappa shape index (κ3) is 5.10. The molecule has 1 aliphatic heterocycles. The lowest BCUT2D eigenvalue weighted by atomic mass is 9.89. The van der Waals surface area contributed by atoms with Crippen molar-refractivity contribution in [1.82, 2.24) is 10.2 Å². The number of alkyl halides is 2. The topological polar surface area (TPSA) is 69.6 Å². The van der Waals surface area contributed by atoms with Gasteiger partial charge in [0.2, 0.25) is 11.8 Å². The van der Waals surface area contributed by atoms with Crippen molar-refractivity contribution in [3.8, 4) is 0 Å². The van der Waals surface area contributed by atoms with Crippen LogP contribution in [0, 0.1) is 0 Å². The molecule has 110 valence electrons. The summed E-state index contributed by atoms with van der Waals surface area (Å²) >= 11 is 0. The predicted molar refractivity (Wildman–Crippen MR) is 64.7 cm³/mol. The van der Waals surface area contributed by atoms with Crippen molar-refractivity contribution in [2.24, 2.45) is 0 Å². The number of β-amino-alcohol motifs (C(OH)–C–C–N with tert-alkyl or cyclic N) is 1. The Bertz CT molecular complexity index is 357. The van der Waals surface area contributed by atoms with Gasteiger partial charge >= 0.3 is 0 Å². The summed E-state index contributed by atoms with van der Waals surface area (Å²) in [7, 11) is 1.45. The van der Waals surface area contributed by atoms with Crippen LogP contribution in [0.4, 0.5) is 8.78 Å². The van der Waals surface area contributed by atoms with Crippen LogP contribution in [0.15, 0.2) is 0 Å². The van der Waals surface area contributed by atoms with Gasteiger partial charge in [0, 0.05) is 20.1 Å². The Morgan fingerprint density at radius 1 is 1.47 bits per heavy atom. The van der Waals surface area contributed by atoms with Crippen LogP contribution in [0.3, 0.4) is 0 Å². The Kier molecular flexibility index (Phi) is 4.84. The summed E-state index contributed by atoms with van der Waals surface area (Å²) in [6.07, 6.45) is -0.125. The van der Waals surface area contributed by atoms with Gasteiger partial charge in [-0.05, 0) is 19.8 Å². The summed E-state index contributed by atoms with van der Waals surface area (Å²) in [6.45, 7) is 0.950. The molecule has 1 unspecified atom stereocenters. The van der Waals surface area contributed by atoms with Crippen LogP contribution in [0.2, 0.25) is 0 Å². The van der Waals surface area contributed by atoms with Crippen molar-refractivity contribution in [3.63, 3.8) is 0 Å². The summed E-state index contributed by atoms with van der Waals surface area (Å²) in [5, 5.41) is 12.6. The number of hydrogen-bond acceptors (Lipinski definition) is 3. The first-order chi connectivity index (χ1) is 8.65. The number of halogens is 2. The molecular formula is C12H20F2N2O3. The molecule has 7 heteroatoms. The third-order valence-corrected chi connectivity index (χ3v) is 3.14. The molecule has 2 amide bonds. The average Bonchev–Trinajstić information content (AvgIpc) is 2.26. The van der Waals surface area contributed by atoms with E-state index in [4.69, 9.17) is 0 Å². The van der Waals surface area contributed by atoms with E-state index in [0.29, 0.717) is 26.3 Å². The average molecular weight is 278 g/mol. The van der Waals surface area contributed by atoms with E-state index in [1.54, 1.807) is 0 Å². The molecule has 19 heavy (non-hydrogen) atoms. The van der Waals surface area contributed by atoms with Crippen LogP contribution in [0.25, 0.3) is 0 Å². The largest absolute Gasteiger partial charge is 0.388 e. The second-order valence-electron chi connectivity index (χ2n) is 5.24. The molecule has 1 saturated heterocycles. The highest BCUT2D eigenvalue weighted by molar-refractivity contribution is 5.78.